The Morgan fingerprint density at radius 1 is 1.00 bits per heavy atom. The molecule has 0 N–H and O–H groups in total. The second kappa shape index (κ2) is 10.8. The third-order valence-corrected chi connectivity index (χ3v) is 6.60. The van der Waals surface area contributed by atoms with Crippen LogP contribution < -0.4 is 19.8 Å². The van der Waals surface area contributed by atoms with E-state index in [2.05, 4.69) is 4.90 Å². The van der Waals surface area contributed by atoms with Crippen LogP contribution in [0.4, 0.5) is 0 Å². The summed E-state index contributed by atoms with van der Waals surface area (Å²) in [5, 5.41) is 3.93. The molecule has 0 aliphatic carbocycles. The first-order valence-electron chi connectivity index (χ1n) is 11.0. The molecule has 0 fully saturated rings. The van der Waals surface area contributed by atoms with Crippen LogP contribution in [-0.2, 0) is 30.9 Å². The molecule has 0 radical (unpaired) electrons. The first kappa shape index (κ1) is 23.8. The first-order valence-corrected chi connectivity index (χ1v) is 11.9. The van der Waals surface area contributed by atoms with Crippen LogP contribution in [-0.4, -0.2) is 49.9 Å². The molecule has 0 amide bonds. The molecule has 8 nitrogen and oxygen atoms in total. The van der Waals surface area contributed by atoms with Gasteiger partial charge in [0.25, 0.3) is 5.56 Å². The number of fused-ring (bicyclic) bond motifs is 1. The molecule has 4 rings (SSSR count). The average molecular weight is 485 g/mol. The highest BCUT2D eigenvalue weighted by Crippen LogP contribution is 2.27. The van der Waals surface area contributed by atoms with Crippen LogP contribution in [0.2, 0.25) is 0 Å². The van der Waals surface area contributed by atoms with Gasteiger partial charge in [0.15, 0.2) is 0 Å². The summed E-state index contributed by atoms with van der Waals surface area (Å²) in [6.45, 7) is 2.72. The quantitative estimate of drug-likeness (QED) is 0.454. The first-order chi connectivity index (χ1) is 16.5. The number of ether oxygens (including phenoxy) is 4. The Kier molecular flexibility index (Phi) is 7.54. The zero-order valence-electron chi connectivity index (χ0n) is 19.5. The number of hydrogen-bond donors (Lipinski definition) is 0. The van der Waals surface area contributed by atoms with Crippen molar-refractivity contribution in [2.45, 2.75) is 26.1 Å². The molecule has 9 heteroatoms. The number of aromatic nitrogens is 1. The van der Waals surface area contributed by atoms with E-state index >= 15 is 0 Å². The zero-order valence-corrected chi connectivity index (χ0v) is 20.4. The maximum Gasteiger partial charge on any atom is 0.343 e. The maximum atomic E-state index is 13.0. The monoisotopic (exact) mass is 484 g/mol. The normalized spacial score (nSPS) is 13.6. The largest absolute Gasteiger partial charge is 0.497 e. The van der Waals surface area contributed by atoms with E-state index in [4.69, 9.17) is 18.9 Å². The van der Waals surface area contributed by atoms with E-state index in [1.54, 1.807) is 30.1 Å². The second-order valence-electron chi connectivity index (χ2n) is 7.98. The van der Waals surface area contributed by atoms with Crippen molar-refractivity contribution in [3.63, 3.8) is 0 Å². The minimum atomic E-state index is -0.505. The molecule has 1 aromatic carbocycles. The number of rotatable bonds is 8. The Morgan fingerprint density at radius 3 is 2.41 bits per heavy atom. The molecular weight excluding hydrogens is 456 g/mol. The van der Waals surface area contributed by atoms with E-state index < -0.39 is 5.97 Å². The predicted molar refractivity (Wildman–Crippen MR) is 129 cm³/mol. The lowest BCUT2D eigenvalue weighted by molar-refractivity contribution is 0.0592. The SMILES string of the molecule is COC(=O)c1c(OCc2ccsc2)cc(=O)n2c1CCN(Cc1cc(OC)cc(OC)c1)CC2. The van der Waals surface area contributed by atoms with E-state index in [1.165, 1.54) is 13.2 Å². The Morgan fingerprint density at radius 2 is 1.76 bits per heavy atom. The minimum absolute atomic E-state index is 0.187. The summed E-state index contributed by atoms with van der Waals surface area (Å²) in [7, 11) is 4.59. The van der Waals surface area contributed by atoms with Crippen LogP contribution in [0.5, 0.6) is 17.2 Å². The summed E-state index contributed by atoms with van der Waals surface area (Å²) in [5.74, 6) is 1.21. The molecule has 0 spiro atoms. The van der Waals surface area contributed by atoms with Gasteiger partial charge < -0.3 is 23.5 Å². The highest BCUT2D eigenvalue weighted by atomic mass is 32.1. The molecule has 0 saturated carbocycles. The van der Waals surface area contributed by atoms with Gasteiger partial charge in [0, 0.05) is 50.4 Å². The molecule has 0 atom stereocenters. The van der Waals surface area contributed by atoms with Crippen molar-refractivity contribution in [3.8, 4) is 17.2 Å². The molecule has 3 heterocycles. The number of hydrogen-bond acceptors (Lipinski definition) is 8. The molecule has 0 saturated heterocycles. The third kappa shape index (κ3) is 5.26. The number of carbonyl (C=O) groups excluding carboxylic acids is 1. The summed E-state index contributed by atoms with van der Waals surface area (Å²) >= 11 is 1.57. The summed E-state index contributed by atoms with van der Waals surface area (Å²) < 4.78 is 23.4. The van der Waals surface area contributed by atoms with Crippen molar-refractivity contribution in [2.75, 3.05) is 34.4 Å². The number of thiophene rings is 1. The summed E-state index contributed by atoms with van der Waals surface area (Å²) in [4.78, 5) is 28.0. The van der Waals surface area contributed by atoms with Crippen molar-refractivity contribution in [1.29, 1.82) is 0 Å². The number of methoxy groups -OCH3 is 3. The molecule has 1 aliphatic heterocycles. The van der Waals surface area contributed by atoms with Gasteiger partial charge >= 0.3 is 5.97 Å². The van der Waals surface area contributed by atoms with Gasteiger partial charge in [0.1, 0.15) is 29.4 Å². The van der Waals surface area contributed by atoms with Gasteiger partial charge in [-0.1, -0.05) is 0 Å². The van der Waals surface area contributed by atoms with E-state index in [0.717, 1.165) is 22.6 Å². The van der Waals surface area contributed by atoms with E-state index in [0.29, 0.717) is 43.9 Å². The van der Waals surface area contributed by atoms with Gasteiger partial charge in [-0.2, -0.15) is 11.3 Å². The molecule has 2 aromatic heterocycles. The van der Waals surface area contributed by atoms with E-state index in [9.17, 15) is 9.59 Å². The van der Waals surface area contributed by atoms with Gasteiger partial charge in [0.2, 0.25) is 0 Å². The number of benzene rings is 1. The topological polar surface area (TPSA) is 79.2 Å². The lowest BCUT2D eigenvalue weighted by Gasteiger charge is -2.20. The molecule has 3 aromatic rings. The van der Waals surface area contributed by atoms with Crippen LogP contribution in [0.3, 0.4) is 0 Å². The van der Waals surface area contributed by atoms with Crippen molar-refractivity contribution < 1.29 is 23.7 Å². The molecule has 1 aliphatic rings. The van der Waals surface area contributed by atoms with Crippen molar-refractivity contribution in [1.82, 2.24) is 9.47 Å². The van der Waals surface area contributed by atoms with Gasteiger partial charge in [-0.15, -0.1) is 0 Å². The van der Waals surface area contributed by atoms with Crippen LogP contribution in [0.15, 0.2) is 45.9 Å². The Hall–Kier alpha value is -3.30. The Balaban J connectivity index is 1.59. The lowest BCUT2D eigenvalue weighted by Crippen LogP contribution is -2.29. The van der Waals surface area contributed by atoms with Crippen LogP contribution in [0.1, 0.15) is 27.2 Å². The molecule has 34 heavy (non-hydrogen) atoms. The summed E-state index contributed by atoms with van der Waals surface area (Å²) in [5.41, 5.74) is 2.80. The molecule has 180 valence electrons. The molecule has 0 unspecified atom stereocenters. The third-order valence-electron chi connectivity index (χ3n) is 5.87. The second-order valence-corrected chi connectivity index (χ2v) is 8.76. The number of nitrogens with zero attached hydrogens (tertiary/aromatic N) is 2. The highest BCUT2D eigenvalue weighted by Gasteiger charge is 2.26. The van der Waals surface area contributed by atoms with E-state index in [1.807, 2.05) is 35.0 Å². The van der Waals surface area contributed by atoms with Gasteiger partial charge in [0.05, 0.1) is 21.3 Å². The molecule has 0 bridgehead atoms. The minimum Gasteiger partial charge on any atom is -0.497 e. The predicted octanol–water partition coefficient (Wildman–Crippen LogP) is 3.35. The van der Waals surface area contributed by atoms with Crippen LogP contribution >= 0.6 is 11.3 Å². The highest BCUT2D eigenvalue weighted by molar-refractivity contribution is 7.07. The standard InChI is InChI=1S/C25H28N2O6S/c1-30-19-10-18(11-20(12-19)31-2)14-26-6-4-21-24(25(29)32-3)22(13-23(28)27(21)8-7-26)33-15-17-5-9-34-16-17/h5,9-13,16H,4,6-8,14-15H2,1-3H3. The van der Waals surface area contributed by atoms with Gasteiger partial charge in [-0.05, 0) is 40.1 Å². The lowest BCUT2D eigenvalue weighted by atomic mass is 10.1. The fourth-order valence-electron chi connectivity index (χ4n) is 4.14. The molecular formula is C25H28N2O6S. The zero-order chi connectivity index (χ0) is 24.1. The maximum absolute atomic E-state index is 13.0. The fourth-order valence-corrected chi connectivity index (χ4v) is 4.79. The van der Waals surface area contributed by atoms with Crippen molar-refractivity contribution >= 4 is 17.3 Å². The number of esters is 1. The fraction of sp³-hybridized carbons (Fsp3) is 0.360. The number of pyridine rings is 1. The van der Waals surface area contributed by atoms with Crippen LogP contribution in [0.25, 0.3) is 0 Å². The Bertz CT molecular complexity index is 1180. The van der Waals surface area contributed by atoms with Crippen molar-refractivity contribution in [3.05, 3.63) is 73.8 Å². The smallest absolute Gasteiger partial charge is 0.343 e. The Labute approximate surface area is 202 Å². The van der Waals surface area contributed by atoms with Gasteiger partial charge in [-0.3, -0.25) is 9.69 Å². The summed E-state index contributed by atoms with van der Waals surface area (Å²) in [6.07, 6.45) is 0.510. The van der Waals surface area contributed by atoms with Gasteiger partial charge in [-0.25, -0.2) is 4.79 Å². The van der Waals surface area contributed by atoms with Crippen LogP contribution in [0, 0.1) is 0 Å². The summed E-state index contributed by atoms with van der Waals surface area (Å²) in [6, 6.07) is 9.13. The number of carbonyl (C=O) groups is 1. The average Bonchev–Trinajstić information content (AvgIpc) is 3.29. The van der Waals surface area contributed by atoms with Crippen molar-refractivity contribution in [2.24, 2.45) is 0 Å². The van der Waals surface area contributed by atoms with E-state index in [-0.39, 0.29) is 17.9 Å².